The largest absolute Gasteiger partial charge is 0.370 e. The second kappa shape index (κ2) is 11.9. The molecule has 2 amide bonds. The van der Waals surface area contributed by atoms with E-state index in [0.29, 0.717) is 31.5 Å². The summed E-state index contributed by atoms with van der Waals surface area (Å²) in [6, 6.07) is 1.55. The van der Waals surface area contributed by atoms with E-state index in [4.69, 9.17) is 11.5 Å². The van der Waals surface area contributed by atoms with E-state index in [1.54, 1.807) is 14.0 Å². The molecule has 0 aromatic heterocycles. The first-order chi connectivity index (χ1) is 13.3. The minimum absolute atomic E-state index is 0.0101. The highest BCUT2D eigenvalue weighted by Crippen LogP contribution is 2.10. The van der Waals surface area contributed by atoms with E-state index in [9.17, 15) is 18.4 Å². The number of nitrogens with zero attached hydrogens (tertiary/aromatic N) is 1. The fourth-order valence-electron chi connectivity index (χ4n) is 2.46. The molecule has 0 unspecified atom stereocenters. The summed E-state index contributed by atoms with van der Waals surface area (Å²) >= 11 is 0. The van der Waals surface area contributed by atoms with E-state index in [-0.39, 0.29) is 18.3 Å². The number of carbonyl (C=O) groups excluding carboxylic acids is 2. The molecule has 0 fully saturated rings. The van der Waals surface area contributed by atoms with Crippen molar-refractivity contribution < 1.29 is 18.4 Å². The lowest BCUT2D eigenvalue weighted by atomic mass is 10.0. The third kappa shape index (κ3) is 7.87. The highest BCUT2D eigenvalue weighted by Gasteiger charge is 2.23. The second-order valence-corrected chi connectivity index (χ2v) is 6.19. The van der Waals surface area contributed by atoms with E-state index >= 15 is 0 Å². The number of rotatable bonds is 10. The number of amides is 2. The molecular formula is C18H28F2N6O2. The zero-order valence-electron chi connectivity index (χ0n) is 16.1. The summed E-state index contributed by atoms with van der Waals surface area (Å²) in [7, 11) is 1.55. The minimum atomic E-state index is -1.01. The van der Waals surface area contributed by atoms with E-state index < -0.39 is 29.6 Å². The summed E-state index contributed by atoms with van der Waals surface area (Å²) in [4.78, 5) is 28.3. The van der Waals surface area contributed by atoms with Gasteiger partial charge in [-0.05, 0) is 43.9 Å². The van der Waals surface area contributed by atoms with Crippen LogP contribution >= 0.6 is 0 Å². The van der Waals surface area contributed by atoms with Crippen LogP contribution in [-0.2, 0) is 16.0 Å². The number of carbonyl (C=O) groups is 2. The highest BCUT2D eigenvalue weighted by molar-refractivity contribution is 5.89. The number of hydrogen-bond acceptors (Lipinski definition) is 4. The predicted octanol–water partition coefficient (Wildman–Crippen LogP) is -0.230. The summed E-state index contributed by atoms with van der Waals surface area (Å²) in [5, 5.41) is 8.15. The average molecular weight is 398 g/mol. The number of guanidine groups is 1. The summed E-state index contributed by atoms with van der Waals surface area (Å²) in [6.45, 7) is 2.67. The van der Waals surface area contributed by atoms with Gasteiger partial charge >= 0.3 is 0 Å². The van der Waals surface area contributed by atoms with Crippen molar-refractivity contribution in [2.45, 2.75) is 38.3 Å². The molecular weight excluding hydrogens is 370 g/mol. The maximum atomic E-state index is 13.3. The van der Waals surface area contributed by atoms with Crippen LogP contribution in [0.25, 0.3) is 0 Å². The van der Waals surface area contributed by atoms with Gasteiger partial charge in [0.05, 0.1) is 6.04 Å². The molecule has 0 spiro atoms. The average Bonchev–Trinajstić information content (AvgIpc) is 2.66. The molecule has 1 aromatic carbocycles. The molecule has 0 aliphatic rings. The van der Waals surface area contributed by atoms with Crippen LogP contribution < -0.4 is 27.4 Å². The normalized spacial score (nSPS) is 13.5. The van der Waals surface area contributed by atoms with Crippen LogP contribution in [0.2, 0.25) is 0 Å². The Morgan fingerprint density at radius 3 is 2.50 bits per heavy atom. The second-order valence-electron chi connectivity index (χ2n) is 6.19. The molecule has 7 N–H and O–H groups in total. The van der Waals surface area contributed by atoms with E-state index in [2.05, 4.69) is 20.9 Å². The Labute approximate surface area is 163 Å². The van der Waals surface area contributed by atoms with Crippen LogP contribution in [0.15, 0.2) is 23.2 Å². The molecule has 0 saturated carbocycles. The van der Waals surface area contributed by atoms with Gasteiger partial charge in [-0.1, -0.05) is 6.07 Å². The molecule has 2 atom stereocenters. The van der Waals surface area contributed by atoms with E-state index in [1.165, 1.54) is 6.07 Å². The van der Waals surface area contributed by atoms with Crippen molar-refractivity contribution in [3.63, 3.8) is 0 Å². The third-order valence-corrected chi connectivity index (χ3v) is 3.98. The maximum absolute atomic E-state index is 13.3. The first-order valence-electron chi connectivity index (χ1n) is 9.02. The first-order valence-corrected chi connectivity index (χ1v) is 9.02. The van der Waals surface area contributed by atoms with Crippen LogP contribution in [0, 0.1) is 11.6 Å². The quantitative estimate of drug-likeness (QED) is 0.211. The zero-order valence-corrected chi connectivity index (χ0v) is 16.1. The lowest BCUT2D eigenvalue weighted by molar-refractivity contribution is -0.129. The van der Waals surface area contributed by atoms with Crippen molar-refractivity contribution in [2.75, 3.05) is 20.1 Å². The van der Waals surface area contributed by atoms with Crippen LogP contribution in [0.5, 0.6) is 0 Å². The van der Waals surface area contributed by atoms with E-state index in [1.807, 2.05) is 0 Å². The lowest BCUT2D eigenvalue weighted by Gasteiger charge is -2.20. The molecule has 0 bridgehead atoms. The third-order valence-electron chi connectivity index (χ3n) is 3.98. The Bertz CT molecular complexity index is 699. The number of hydrogen-bond donors (Lipinski definition) is 5. The minimum Gasteiger partial charge on any atom is -0.370 e. The van der Waals surface area contributed by atoms with Gasteiger partial charge in [0.15, 0.2) is 17.6 Å². The molecule has 0 aliphatic heterocycles. The van der Waals surface area contributed by atoms with Crippen molar-refractivity contribution in [2.24, 2.45) is 16.5 Å². The maximum Gasteiger partial charge on any atom is 0.242 e. The topological polar surface area (TPSA) is 135 Å². The van der Waals surface area contributed by atoms with Gasteiger partial charge in [-0.2, -0.15) is 0 Å². The Balaban J connectivity index is 2.64. The highest BCUT2D eigenvalue weighted by atomic mass is 19.2. The summed E-state index contributed by atoms with van der Waals surface area (Å²) in [6.07, 6.45) is 0.923. The molecule has 10 heteroatoms. The van der Waals surface area contributed by atoms with Gasteiger partial charge in [0.25, 0.3) is 0 Å². The van der Waals surface area contributed by atoms with Crippen molar-refractivity contribution in [3.05, 3.63) is 35.4 Å². The van der Waals surface area contributed by atoms with Crippen LogP contribution in [0.4, 0.5) is 8.78 Å². The summed E-state index contributed by atoms with van der Waals surface area (Å²) < 4.78 is 26.3. The monoisotopic (exact) mass is 398 g/mol. The predicted molar refractivity (Wildman–Crippen MR) is 103 cm³/mol. The molecule has 8 nitrogen and oxygen atoms in total. The zero-order chi connectivity index (χ0) is 21.1. The summed E-state index contributed by atoms with van der Waals surface area (Å²) in [5.74, 6) is -2.57. The smallest absolute Gasteiger partial charge is 0.242 e. The molecule has 0 heterocycles. The van der Waals surface area contributed by atoms with Crippen molar-refractivity contribution >= 4 is 17.8 Å². The molecule has 156 valence electrons. The Morgan fingerprint density at radius 2 is 1.89 bits per heavy atom. The number of aliphatic imine (C=N–C) groups is 1. The van der Waals surface area contributed by atoms with Gasteiger partial charge in [0.1, 0.15) is 6.04 Å². The molecule has 0 radical (unpaired) electrons. The van der Waals surface area contributed by atoms with Crippen LogP contribution in [-0.4, -0.2) is 50.0 Å². The molecule has 0 aliphatic carbocycles. The SMILES string of the molecule is CCNC(=O)[C@H](CCCNC(N)=NC)NC(=O)[C@@H](N)Cc1ccc(F)c(F)c1. The van der Waals surface area contributed by atoms with Gasteiger partial charge in [-0.25, -0.2) is 8.78 Å². The van der Waals surface area contributed by atoms with Gasteiger partial charge in [0.2, 0.25) is 11.8 Å². The van der Waals surface area contributed by atoms with Gasteiger partial charge in [-0.15, -0.1) is 0 Å². The number of halogens is 2. The van der Waals surface area contributed by atoms with Crippen molar-refractivity contribution in [1.29, 1.82) is 0 Å². The molecule has 0 saturated heterocycles. The number of nitrogens with one attached hydrogen (secondary N) is 3. The Hall–Kier alpha value is -2.75. The first kappa shape index (κ1) is 23.3. The lowest BCUT2D eigenvalue weighted by Crippen LogP contribution is -2.52. The number of benzene rings is 1. The van der Waals surface area contributed by atoms with E-state index in [0.717, 1.165) is 12.1 Å². The summed E-state index contributed by atoms with van der Waals surface area (Å²) in [5.41, 5.74) is 11.8. The Morgan fingerprint density at radius 1 is 1.18 bits per heavy atom. The fraction of sp³-hybridized carbons (Fsp3) is 0.500. The van der Waals surface area contributed by atoms with Crippen LogP contribution in [0.3, 0.4) is 0 Å². The van der Waals surface area contributed by atoms with Gasteiger partial charge < -0.3 is 27.4 Å². The van der Waals surface area contributed by atoms with Gasteiger partial charge in [-0.3, -0.25) is 14.6 Å². The van der Waals surface area contributed by atoms with Gasteiger partial charge in [0, 0.05) is 20.1 Å². The Kier molecular flexibility index (Phi) is 9.86. The standard InChI is InChI=1S/C18H28F2N6O2/c1-3-24-17(28)15(5-4-8-25-18(22)23-2)26-16(27)14(21)10-11-6-7-12(19)13(20)9-11/h6-7,9,14-15H,3-5,8,10,21H2,1-2H3,(H,24,28)(H,26,27)(H3,22,23,25)/t14-,15-/m0/s1. The number of nitrogens with two attached hydrogens (primary N) is 2. The van der Waals surface area contributed by atoms with Crippen molar-refractivity contribution in [1.82, 2.24) is 16.0 Å². The fourth-order valence-corrected chi connectivity index (χ4v) is 2.46. The van der Waals surface area contributed by atoms with Crippen LogP contribution in [0.1, 0.15) is 25.3 Å². The molecule has 1 rings (SSSR count). The molecule has 28 heavy (non-hydrogen) atoms. The van der Waals surface area contributed by atoms with Crippen molar-refractivity contribution in [3.8, 4) is 0 Å². The number of likely N-dealkylation sites (N-methyl/N-ethyl adjacent to an activating group) is 1. The molecule has 1 aromatic rings.